The van der Waals surface area contributed by atoms with Crippen molar-refractivity contribution in [3.8, 4) is 11.5 Å². The Balaban J connectivity index is 1.46. The largest absolute Gasteiger partial charge is 0.497 e. The molecule has 0 radical (unpaired) electrons. The van der Waals surface area contributed by atoms with Gasteiger partial charge in [-0.3, -0.25) is 4.79 Å². The topological polar surface area (TPSA) is 86.5 Å². The minimum absolute atomic E-state index is 0.159. The Bertz CT molecular complexity index is 896. The molecule has 140 valence electrons. The van der Waals surface area contributed by atoms with E-state index in [1.165, 1.54) is 11.8 Å². The molecule has 1 amide bonds. The first-order chi connectivity index (χ1) is 13.1. The zero-order chi connectivity index (χ0) is 19.1. The van der Waals surface area contributed by atoms with Gasteiger partial charge in [0.05, 0.1) is 12.9 Å². The lowest BCUT2D eigenvalue weighted by molar-refractivity contribution is -0.113. The van der Waals surface area contributed by atoms with Gasteiger partial charge in [0.2, 0.25) is 5.91 Å². The molecule has 8 heteroatoms. The normalized spacial score (nSPS) is 10.4. The third kappa shape index (κ3) is 5.49. The third-order valence-corrected chi connectivity index (χ3v) is 4.41. The maximum Gasteiger partial charge on any atom is 0.277 e. The molecule has 1 aromatic heterocycles. The Morgan fingerprint density at radius 1 is 1.15 bits per heavy atom. The van der Waals surface area contributed by atoms with Gasteiger partial charge in [-0.05, 0) is 42.8 Å². The summed E-state index contributed by atoms with van der Waals surface area (Å²) in [6, 6.07) is 14.8. The number of thioether (sulfide) groups is 1. The van der Waals surface area contributed by atoms with Gasteiger partial charge in [-0.2, -0.15) is 0 Å². The summed E-state index contributed by atoms with van der Waals surface area (Å²) in [5, 5.41) is 11.0. The van der Waals surface area contributed by atoms with Crippen LogP contribution in [0.3, 0.4) is 0 Å². The number of benzene rings is 2. The minimum atomic E-state index is -0.166. The van der Waals surface area contributed by atoms with E-state index in [2.05, 4.69) is 15.5 Å². The van der Waals surface area contributed by atoms with E-state index in [1.54, 1.807) is 31.4 Å². The minimum Gasteiger partial charge on any atom is -0.497 e. The first-order valence-electron chi connectivity index (χ1n) is 8.21. The maximum atomic E-state index is 12.0. The Hall–Kier alpha value is -3.00. The number of hydrogen-bond acceptors (Lipinski definition) is 7. The summed E-state index contributed by atoms with van der Waals surface area (Å²) in [4.78, 5) is 12.0. The predicted molar refractivity (Wildman–Crippen MR) is 102 cm³/mol. The van der Waals surface area contributed by atoms with Gasteiger partial charge in [0, 0.05) is 5.69 Å². The van der Waals surface area contributed by atoms with Gasteiger partial charge in [0.1, 0.15) is 11.5 Å². The molecule has 0 atom stereocenters. The van der Waals surface area contributed by atoms with E-state index in [9.17, 15) is 4.79 Å². The molecule has 3 aromatic rings. The quantitative estimate of drug-likeness (QED) is 0.592. The molecule has 1 heterocycles. The van der Waals surface area contributed by atoms with Gasteiger partial charge in [-0.1, -0.05) is 30.0 Å². The number of para-hydroxylation sites is 1. The lowest BCUT2D eigenvalue weighted by Gasteiger charge is -2.06. The van der Waals surface area contributed by atoms with E-state index in [0.717, 1.165) is 17.1 Å². The van der Waals surface area contributed by atoms with E-state index in [4.69, 9.17) is 13.9 Å². The monoisotopic (exact) mass is 385 g/mol. The van der Waals surface area contributed by atoms with Crippen LogP contribution in [-0.2, 0) is 11.4 Å². The summed E-state index contributed by atoms with van der Waals surface area (Å²) in [7, 11) is 1.59. The SMILES string of the molecule is COc1ccc(NC(=O)CSc2nnc(COc3ccccc3C)o2)cc1. The molecule has 0 aliphatic rings. The second-order valence-electron chi connectivity index (χ2n) is 5.58. The van der Waals surface area contributed by atoms with E-state index < -0.39 is 0 Å². The predicted octanol–water partition coefficient (Wildman–Crippen LogP) is 3.70. The van der Waals surface area contributed by atoms with Crippen molar-refractivity contribution in [2.75, 3.05) is 18.2 Å². The Morgan fingerprint density at radius 2 is 1.93 bits per heavy atom. The number of nitrogens with zero attached hydrogens (tertiary/aromatic N) is 2. The smallest absolute Gasteiger partial charge is 0.277 e. The van der Waals surface area contributed by atoms with Gasteiger partial charge in [0.15, 0.2) is 6.61 Å². The van der Waals surface area contributed by atoms with Crippen molar-refractivity contribution in [2.45, 2.75) is 18.8 Å². The zero-order valence-electron chi connectivity index (χ0n) is 15.0. The van der Waals surface area contributed by atoms with Crippen LogP contribution in [0.1, 0.15) is 11.5 Å². The summed E-state index contributed by atoms with van der Waals surface area (Å²) in [5.74, 6) is 1.85. The van der Waals surface area contributed by atoms with Crippen LogP contribution >= 0.6 is 11.8 Å². The molecule has 0 saturated heterocycles. The van der Waals surface area contributed by atoms with Gasteiger partial charge in [0.25, 0.3) is 11.1 Å². The number of aryl methyl sites for hydroxylation is 1. The van der Waals surface area contributed by atoms with Crippen molar-refractivity contribution in [1.29, 1.82) is 0 Å². The number of methoxy groups -OCH3 is 1. The lowest BCUT2D eigenvalue weighted by atomic mass is 10.2. The number of amides is 1. The summed E-state index contributed by atoms with van der Waals surface area (Å²) in [6.45, 7) is 2.14. The number of anilines is 1. The molecule has 1 N–H and O–H groups in total. The Labute approximate surface area is 161 Å². The number of hydrogen-bond donors (Lipinski definition) is 1. The fraction of sp³-hybridized carbons (Fsp3) is 0.211. The zero-order valence-corrected chi connectivity index (χ0v) is 15.8. The molecule has 0 unspecified atom stereocenters. The van der Waals surface area contributed by atoms with Crippen molar-refractivity contribution in [2.24, 2.45) is 0 Å². The van der Waals surface area contributed by atoms with Crippen LogP contribution < -0.4 is 14.8 Å². The van der Waals surface area contributed by atoms with Crippen molar-refractivity contribution in [1.82, 2.24) is 10.2 Å². The number of nitrogens with one attached hydrogen (secondary N) is 1. The highest BCUT2D eigenvalue weighted by Gasteiger charge is 2.11. The molecule has 0 spiro atoms. The standard InChI is InChI=1S/C19H19N3O4S/c1-13-5-3-4-6-16(13)25-11-18-21-22-19(26-18)27-12-17(23)20-14-7-9-15(24-2)10-8-14/h3-10H,11-12H2,1-2H3,(H,20,23). The van der Waals surface area contributed by atoms with Crippen molar-refractivity contribution in [3.05, 3.63) is 60.0 Å². The van der Waals surface area contributed by atoms with E-state index in [-0.39, 0.29) is 18.3 Å². The van der Waals surface area contributed by atoms with Crippen molar-refractivity contribution >= 4 is 23.4 Å². The first-order valence-corrected chi connectivity index (χ1v) is 9.20. The molecule has 0 bridgehead atoms. The number of carbonyl (C=O) groups excluding carboxylic acids is 1. The third-order valence-electron chi connectivity index (χ3n) is 3.59. The van der Waals surface area contributed by atoms with Gasteiger partial charge < -0.3 is 19.2 Å². The van der Waals surface area contributed by atoms with Crippen LogP contribution in [0.2, 0.25) is 0 Å². The molecule has 27 heavy (non-hydrogen) atoms. The lowest BCUT2D eigenvalue weighted by Crippen LogP contribution is -2.13. The number of carbonyl (C=O) groups is 1. The fourth-order valence-corrected chi connectivity index (χ4v) is 2.79. The summed E-state index contributed by atoms with van der Waals surface area (Å²) in [6.07, 6.45) is 0. The average molecular weight is 385 g/mol. The van der Waals surface area contributed by atoms with Crippen LogP contribution in [0, 0.1) is 6.92 Å². The molecule has 0 aliphatic heterocycles. The van der Waals surface area contributed by atoms with Crippen LogP contribution in [-0.4, -0.2) is 29.0 Å². The highest BCUT2D eigenvalue weighted by molar-refractivity contribution is 7.99. The second kappa shape index (κ2) is 9.09. The maximum absolute atomic E-state index is 12.0. The van der Waals surface area contributed by atoms with Crippen LogP contribution in [0.25, 0.3) is 0 Å². The van der Waals surface area contributed by atoms with Crippen molar-refractivity contribution < 1.29 is 18.7 Å². The van der Waals surface area contributed by atoms with E-state index in [0.29, 0.717) is 16.8 Å². The van der Waals surface area contributed by atoms with E-state index >= 15 is 0 Å². The van der Waals surface area contributed by atoms with E-state index in [1.807, 2.05) is 31.2 Å². The van der Waals surface area contributed by atoms with Gasteiger partial charge in [-0.15, -0.1) is 10.2 Å². The highest BCUT2D eigenvalue weighted by Crippen LogP contribution is 2.20. The van der Waals surface area contributed by atoms with Crippen LogP contribution in [0.5, 0.6) is 11.5 Å². The average Bonchev–Trinajstić information content (AvgIpc) is 3.14. The summed E-state index contributed by atoms with van der Waals surface area (Å²) >= 11 is 1.17. The molecule has 2 aromatic carbocycles. The Morgan fingerprint density at radius 3 is 2.67 bits per heavy atom. The highest BCUT2D eigenvalue weighted by atomic mass is 32.2. The molecule has 0 saturated carbocycles. The first kappa shape index (κ1) is 18.8. The number of ether oxygens (including phenoxy) is 2. The summed E-state index contributed by atoms with van der Waals surface area (Å²) < 4.78 is 16.2. The fourth-order valence-electron chi connectivity index (χ4n) is 2.21. The molecular weight excluding hydrogens is 366 g/mol. The Kier molecular flexibility index (Phi) is 6.32. The summed E-state index contributed by atoms with van der Waals surface area (Å²) in [5.41, 5.74) is 1.72. The molecular formula is C19H19N3O4S. The number of rotatable bonds is 8. The second-order valence-corrected chi connectivity index (χ2v) is 6.51. The van der Waals surface area contributed by atoms with Crippen LogP contribution in [0.4, 0.5) is 5.69 Å². The molecule has 0 fully saturated rings. The van der Waals surface area contributed by atoms with Crippen LogP contribution in [0.15, 0.2) is 58.2 Å². The molecule has 3 rings (SSSR count). The van der Waals surface area contributed by atoms with Crippen molar-refractivity contribution in [3.63, 3.8) is 0 Å². The number of aromatic nitrogens is 2. The molecule has 0 aliphatic carbocycles. The molecule has 7 nitrogen and oxygen atoms in total. The van der Waals surface area contributed by atoms with Gasteiger partial charge >= 0.3 is 0 Å². The van der Waals surface area contributed by atoms with Gasteiger partial charge in [-0.25, -0.2) is 0 Å².